The van der Waals surface area contributed by atoms with Gasteiger partial charge >= 0.3 is 0 Å². The Morgan fingerprint density at radius 1 is 1.05 bits per heavy atom. The van der Waals surface area contributed by atoms with Crippen molar-refractivity contribution < 1.29 is 9.53 Å². The van der Waals surface area contributed by atoms with Gasteiger partial charge in [-0.3, -0.25) is 4.79 Å². The molecule has 0 atom stereocenters. The molecule has 0 aromatic rings. The van der Waals surface area contributed by atoms with Gasteiger partial charge in [0.25, 0.3) is 0 Å². The standard InChI is InChI=1S/C16H35N3O2/c1-7-17(4)12-14-21-13-9-16(20)19(6)11-8-10-18(5)15(2)3/h15H,7-14H2,1-6H3. The van der Waals surface area contributed by atoms with Gasteiger partial charge in [-0.25, -0.2) is 0 Å². The molecule has 0 radical (unpaired) electrons. The van der Waals surface area contributed by atoms with Crippen LogP contribution in [0.1, 0.15) is 33.6 Å². The lowest BCUT2D eigenvalue weighted by Crippen LogP contribution is -2.33. The first-order valence-electron chi connectivity index (χ1n) is 8.09. The fourth-order valence-electron chi connectivity index (χ4n) is 1.77. The van der Waals surface area contributed by atoms with Gasteiger partial charge in [-0.2, -0.15) is 0 Å². The zero-order valence-electron chi connectivity index (χ0n) is 14.9. The number of hydrogen-bond acceptors (Lipinski definition) is 4. The highest BCUT2D eigenvalue weighted by Crippen LogP contribution is 1.98. The molecule has 0 N–H and O–H groups in total. The summed E-state index contributed by atoms with van der Waals surface area (Å²) in [6.45, 7) is 11.5. The number of rotatable bonds is 12. The lowest BCUT2D eigenvalue weighted by Gasteiger charge is -2.23. The molecule has 0 heterocycles. The van der Waals surface area contributed by atoms with Crippen LogP contribution in [-0.4, -0.2) is 87.2 Å². The average molecular weight is 301 g/mol. The van der Waals surface area contributed by atoms with Crippen molar-refractivity contribution in [2.24, 2.45) is 0 Å². The van der Waals surface area contributed by atoms with E-state index in [-0.39, 0.29) is 5.91 Å². The first kappa shape index (κ1) is 20.3. The summed E-state index contributed by atoms with van der Waals surface area (Å²) in [5.41, 5.74) is 0. The molecule has 0 aliphatic carbocycles. The normalized spacial score (nSPS) is 11.7. The Hall–Kier alpha value is -0.650. The Balaban J connectivity index is 3.62. The Bertz CT molecular complexity index is 272. The van der Waals surface area contributed by atoms with Gasteiger partial charge < -0.3 is 19.4 Å². The molecule has 0 aliphatic rings. The minimum Gasteiger partial charge on any atom is -0.380 e. The van der Waals surface area contributed by atoms with Gasteiger partial charge in [-0.1, -0.05) is 6.92 Å². The van der Waals surface area contributed by atoms with Gasteiger partial charge in [0.1, 0.15) is 0 Å². The number of carbonyl (C=O) groups excluding carboxylic acids is 1. The van der Waals surface area contributed by atoms with Gasteiger partial charge in [-0.15, -0.1) is 0 Å². The van der Waals surface area contributed by atoms with Crippen LogP contribution in [-0.2, 0) is 9.53 Å². The molecule has 0 aromatic heterocycles. The first-order chi connectivity index (χ1) is 9.88. The average Bonchev–Trinajstić information content (AvgIpc) is 2.45. The smallest absolute Gasteiger partial charge is 0.224 e. The Morgan fingerprint density at radius 2 is 1.71 bits per heavy atom. The fraction of sp³-hybridized carbons (Fsp3) is 0.938. The van der Waals surface area contributed by atoms with E-state index in [1.54, 1.807) is 0 Å². The third-order valence-corrected chi connectivity index (χ3v) is 3.93. The lowest BCUT2D eigenvalue weighted by atomic mass is 10.3. The molecule has 5 nitrogen and oxygen atoms in total. The van der Waals surface area contributed by atoms with Crippen molar-refractivity contribution in [3.05, 3.63) is 0 Å². The van der Waals surface area contributed by atoms with Crippen LogP contribution >= 0.6 is 0 Å². The van der Waals surface area contributed by atoms with Crippen molar-refractivity contribution in [2.45, 2.75) is 39.7 Å². The van der Waals surface area contributed by atoms with E-state index in [1.165, 1.54) is 0 Å². The fourth-order valence-corrected chi connectivity index (χ4v) is 1.77. The summed E-state index contributed by atoms with van der Waals surface area (Å²) in [5, 5.41) is 0. The highest BCUT2D eigenvalue weighted by Gasteiger charge is 2.09. The van der Waals surface area contributed by atoms with E-state index < -0.39 is 0 Å². The van der Waals surface area contributed by atoms with Crippen LogP contribution in [0, 0.1) is 0 Å². The van der Waals surface area contributed by atoms with Crippen LogP contribution in [0.15, 0.2) is 0 Å². The zero-order chi connectivity index (χ0) is 16.3. The van der Waals surface area contributed by atoms with Crippen molar-refractivity contribution >= 4 is 5.91 Å². The second-order valence-electron chi connectivity index (χ2n) is 6.00. The minimum absolute atomic E-state index is 0.172. The lowest BCUT2D eigenvalue weighted by molar-refractivity contribution is -0.131. The summed E-state index contributed by atoms with van der Waals surface area (Å²) in [5.74, 6) is 0.172. The molecule has 0 aromatic carbocycles. The van der Waals surface area contributed by atoms with E-state index in [9.17, 15) is 4.79 Å². The summed E-state index contributed by atoms with van der Waals surface area (Å²) in [4.78, 5) is 18.2. The second-order valence-corrected chi connectivity index (χ2v) is 6.00. The van der Waals surface area contributed by atoms with Crippen LogP contribution in [0.3, 0.4) is 0 Å². The maximum Gasteiger partial charge on any atom is 0.224 e. The monoisotopic (exact) mass is 301 g/mol. The van der Waals surface area contributed by atoms with Crippen LogP contribution in [0.25, 0.3) is 0 Å². The van der Waals surface area contributed by atoms with Crippen molar-refractivity contribution in [2.75, 3.05) is 60.5 Å². The highest BCUT2D eigenvalue weighted by atomic mass is 16.5. The minimum atomic E-state index is 0.172. The van der Waals surface area contributed by atoms with E-state index in [0.717, 1.165) is 32.6 Å². The summed E-state index contributed by atoms with van der Waals surface area (Å²) in [6, 6.07) is 0.556. The van der Waals surface area contributed by atoms with Gasteiger partial charge in [0.2, 0.25) is 5.91 Å². The summed E-state index contributed by atoms with van der Waals surface area (Å²) in [7, 11) is 6.06. The molecule has 0 saturated carbocycles. The summed E-state index contributed by atoms with van der Waals surface area (Å²) < 4.78 is 5.50. The van der Waals surface area contributed by atoms with Crippen LogP contribution in [0.5, 0.6) is 0 Å². The van der Waals surface area contributed by atoms with Gasteiger partial charge in [0, 0.05) is 26.2 Å². The topological polar surface area (TPSA) is 36.0 Å². The molecule has 0 bridgehead atoms. The number of carbonyl (C=O) groups is 1. The van der Waals surface area contributed by atoms with Crippen LogP contribution < -0.4 is 0 Å². The number of ether oxygens (including phenoxy) is 1. The van der Waals surface area contributed by atoms with Crippen molar-refractivity contribution in [1.82, 2.24) is 14.7 Å². The molecular weight excluding hydrogens is 266 g/mol. The molecule has 0 fully saturated rings. The van der Waals surface area contributed by atoms with Crippen LogP contribution in [0.2, 0.25) is 0 Å². The van der Waals surface area contributed by atoms with Crippen molar-refractivity contribution in [3.8, 4) is 0 Å². The van der Waals surface area contributed by atoms with E-state index in [0.29, 0.717) is 25.7 Å². The third-order valence-electron chi connectivity index (χ3n) is 3.93. The molecule has 0 spiro atoms. The number of amides is 1. The van der Waals surface area contributed by atoms with E-state index in [4.69, 9.17) is 4.74 Å². The van der Waals surface area contributed by atoms with Crippen LogP contribution in [0.4, 0.5) is 0 Å². The molecule has 126 valence electrons. The molecule has 1 amide bonds. The summed E-state index contributed by atoms with van der Waals surface area (Å²) in [6.07, 6.45) is 1.49. The van der Waals surface area contributed by atoms with Crippen molar-refractivity contribution in [1.29, 1.82) is 0 Å². The molecule has 0 unspecified atom stereocenters. The van der Waals surface area contributed by atoms with E-state index >= 15 is 0 Å². The van der Waals surface area contributed by atoms with Gasteiger partial charge in [0.05, 0.1) is 19.6 Å². The SMILES string of the molecule is CCN(C)CCOCCC(=O)N(C)CCCN(C)C(C)C. The molecule has 0 rings (SSSR count). The summed E-state index contributed by atoms with van der Waals surface area (Å²) >= 11 is 0. The number of hydrogen-bond donors (Lipinski definition) is 0. The van der Waals surface area contributed by atoms with Crippen molar-refractivity contribution in [3.63, 3.8) is 0 Å². The highest BCUT2D eigenvalue weighted by molar-refractivity contribution is 5.75. The zero-order valence-corrected chi connectivity index (χ0v) is 14.9. The Kier molecular flexibility index (Phi) is 11.6. The predicted octanol–water partition coefficient (Wildman–Crippen LogP) is 1.53. The predicted molar refractivity (Wildman–Crippen MR) is 88.6 cm³/mol. The number of likely N-dealkylation sites (N-methyl/N-ethyl adjacent to an activating group) is 1. The molecule has 5 heteroatoms. The quantitative estimate of drug-likeness (QED) is 0.512. The molecule has 0 saturated heterocycles. The maximum atomic E-state index is 11.9. The second kappa shape index (κ2) is 12.0. The Morgan fingerprint density at radius 3 is 2.29 bits per heavy atom. The molecule has 21 heavy (non-hydrogen) atoms. The van der Waals surface area contributed by atoms with Gasteiger partial charge in [-0.05, 0) is 47.5 Å². The van der Waals surface area contributed by atoms with E-state index in [1.807, 2.05) is 11.9 Å². The first-order valence-corrected chi connectivity index (χ1v) is 8.09. The van der Waals surface area contributed by atoms with E-state index in [2.05, 4.69) is 44.7 Å². The van der Waals surface area contributed by atoms with Gasteiger partial charge in [0.15, 0.2) is 0 Å². The Labute approximate surface area is 131 Å². The third kappa shape index (κ3) is 10.7. The largest absolute Gasteiger partial charge is 0.380 e. The molecular formula is C16H35N3O2. The molecule has 0 aliphatic heterocycles. The number of nitrogens with zero attached hydrogens (tertiary/aromatic N) is 3. The maximum absolute atomic E-state index is 11.9.